The maximum atomic E-state index is 9.61. The molecule has 1 saturated heterocycles. The van der Waals surface area contributed by atoms with E-state index in [0.717, 1.165) is 39.0 Å². The molecule has 3 unspecified atom stereocenters. The van der Waals surface area contributed by atoms with E-state index in [9.17, 15) is 5.11 Å². The van der Waals surface area contributed by atoms with Crippen LogP contribution in [0, 0.1) is 5.41 Å². The molecule has 0 aromatic rings. The molecule has 17 heavy (non-hydrogen) atoms. The average molecular weight is 243 g/mol. The standard InChI is InChI=1S/C14H29NO2/c1-5-7-14(4,11-16)10-15-8-12(3)17-9-13(15)6-2/h12-13,16H,5-11H2,1-4H3. The predicted octanol–water partition coefficient (Wildman–Crippen LogP) is 2.28. The Bertz CT molecular complexity index is 222. The molecule has 1 aliphatic rings. The number of aliphatic hydroxyl groups excluding tert-OH is 1. The van der Waals surface area contributed by atoms with Crippen molar-refractivity contribution in [2.45, 2.75) is 59.1 Å². The highest BCUT2D eigenvalue weighted by Crippen LogP contribution is 2.27. The molecular formula is C14H29NO2. The van der Waals surface area contributed by atoms with Gasteiger partial charge in [0.1, 0.15) is 0 Å². The molecule has 0 bridgehead atoms. The summed E-state index contributed by atoms with van der Waals surface area (Å²) >= 11 is 0. The van der Waals surface area contributed by atoms with Crippen LogP contribution in [0.3, 0.4) is 0 Å². The third-order valence-corrected chi connectivity index (χ3v) is 3.87. The van der Waals surface area contributed by atoms with E-state index in [0.29, 0.717) is 12.1 Å². The van der Waals surface area contributed by atoms with E-state index in [-0.39, 0.29) is 12.0 Å². The van der Waals surface area contributed by atoms with Crippen LogP contribution < -0.4 is 0 Å². The van der Waals surface area contributed by atoms with Crippen LogP contribution in [0.4, 0.5) is 0 Å². The fraction of sp³-hybridized carbons (Fsp3) is 1.00. The van der Waals surface area contributed by atoms with E-state index >= 15 is 0 Å². The lowest BCUT2D eigenvalue weighted by Gasteiger charge is -2.43. The fourth-order valence-electron chi connectivity index (χ4n) is 2.78. The van der Waals surface area contributed by atoms with Crippen LogP contribution in [0.1, 0.15) is 47.0 Å². The van der Waals surface area contributed by atoms with Gasteiger partial charge in [0.15, 0.2) is 0 Å². The van der Waals surface area contributed by atoms with Crippen LogP contribution >= 0.6 is 0 Å². The zero-order valence-electron chi connectivity index (χ0n) is 11.9. The molecule has 0 aliphatic carbocycles. The van der Waals surface area contributed by atoms with Crippen LogP contribution in [-0.2, 0) is 4.74 Å². The molecule has 0 amide bonds. The SMILES string of the molecule is CCCC(C)(CO)CN1CC(C)OCC1CC. The summed E-state index contributed by atoms with van der Waals surface area (Å²) in [6.07, 6.45) is 3.67. The Morgan fingerprint density at radius 1 is 1.41 bits per heavy atom. The molecule has 1 N–H and O–H groups in total. The Hall–Kier alpha value is -0.120. The summed E-state index contributed by atoms with van der Waals surface area (Å²) in [6.45, 7) is 11.8. The summed E-state index contributed by atoms with van der Waals surface area (Å²) in [5.74, 6) is 0. The minimum Gasteiger partial charge on any atom is -0.396 e. The summed E-state index contributed by atoms with van der Waals surface area (Å²) in [6, 6.07) is 0.522. The number of hydrogen-bond acceptors (Lipinski definition) is 3. The summed E-state index contributed by atoms with van der Waals surface area (Å²) < 4.78 is 5.72. The van der Waals surface area contributed by atoms with Gasteiger partial charge in [-0.25, -0.2) is 0 Å². The van der Waals surface area contributed by atoms with Gasteiger partial charge in [0.2, 0.25) is 0 Å². The predicted molar refractivity (Wildman–Crippen MR) is 71.2 cm³/mol. The van der Waals surface area contributed by atoms with Gasteiger partial charge in [-0.05, 0) is 19.8 Å². The number of rotatable bonds is 6. The summed E-state index contributed by atoms with van der Waals surface area (Å²) in [5.41, 5.74) is 0.0409. The second kappa shape index (κ2) is 6.72. The van der Waals surface area contributed by atoms with Crippen LogP contribution in [0.25, 0.3) is 0 Å². The van der Waals surface area contributed by atoms with Gasteiger partial charge in [-0.2, -0.15) is 0 Å². The topological polar surface area (TPSA) is 32.7 Å². The average Bonchev–Trinajstić information content (AvgIpc) is 2.29. The Balaban J connectivity index is 2.61. The van der Waals surface area contributed by atoms with E-state index in [1.807, 2.05) is 0 Å². The third-order valence-electron chi connectivity index (χ3n) is 3.87. The van der Waals surface area contributed by atoms with Crippen molar-refractivity contribution in [3.8, 4) is 0 Å². The fourth-order valence-corrected chi connectivity index (χ4v) is 2.78. The van der Waals surface area contributed by atoms with Crippen LogP contribution in [0.5, 0.6) is 0 Å². The number of hydrogen-bond donors (Lipinski definition) is 1. The van der Waals surface area contributed by atoms with Gasteiger partial charge >= 0.3 is 0 Å². The van der Waals surface area contributed by atoms with Gasteiger partial charge in [-0.15, -0.1) is 0 Å². The summed E-state index contributed by atoms with van der Waals surface area (Å²) in [4.78, 5) is 2.51. The van der Waals surface area contributed by atoms with E-state index in [1.54, 1.807) is 0 Å². The zero-order chi connectivity index (χ0) is 12.9. The second-order valence-electron chi connectivity index (χ2n) is 5.85. The maximum Gasteiger partial charge on any atom is 0.0674 e. The first-order valence-corrected chi connectivity index (χ1v) is 7.01. The summed E-state index contributed by atoms with van der Waals surface area (Å²) in [7, 11) is 0. The quantitative estimate of drug-likeness (QED) is 0.777. The Kier molecular flexibility index (Phi) is 5.90. The molecule has 1 rings (SSSR count). The number of nitrogens with zero attached hydrogens (tertiary/aromatic N) is 1. The van der Waals surface area contributed by atoms with Crippen molar-refractivity contribution < 1.29 is 9.84 Å². The first-order valence-electron chi connectivity index (χ1n) is 7.01. The molecule has 0 saturated carbocycles. The Morgan fingerprint density at radius 2 is 2.12 bits per heavy atom. The highest BCUT2D eigenvalue weighted by Gasteiger charge is 2.32. The van der Waals surface area contributed by atoms with Crippen molar-refractivity contribution in [3.63, 3.8) is 0 Å². The molecule has 1 heterocycles. The van der Waals surface area contributed by atoms with Crippen molar-refractivity contribution in [3.05, 3.63) is 0 Å². The number of aliphatic hydroxyl groups is 1. The lowest BCUT2D eigenvalue weighted by molar-refractivity contribution is -0.0736. The lowest BCUT2D eigenvalue weighted by atomic mass is 9.85. The van der Waals surface area contributed by atoms with Crippen molar-refractivity contribution in [2.75, 3.05) is 26.3 Å². The third kappa shape index (κ3) is 4.23. The Labute approximate surface area is 106 Å². The largest absolute Gasteiger partial charge is 0.396 e. The lowest BCUT2D eigenvalue weighted by Crippen LogP contribution is -2.52. The molecule has 0 spiro atoms. The molecule has 0 aromatic carbocycles. The molecule has 102 valence electrons. The molecule has 3 heteroatoms. The van der Waals surface area contributed by atoms with Crippen LogP contribution in [0.2, 0.25) is 0 Å². The van der Waals surface area contributed by atoms with Crippen LogP contribution in [-0.4, -0.2) is 48.5 Å². The van der Waals surface area contributed by atoms with Gasteiger partial charge < -0.3 is 9.84 Å². The van der Waals surface area contributed by atoms with E-state index in [4.69, 9.17) is 4.74 Å². The molecule has 3 atom stereocenters. The molecule has 3 nitrogen and oxygen atoms in total. The molecule has 1 aliphatic heterocycles. The molecule has 0 radical (unpaired) electrons. The van der Waals surface area contributed by atoms with Gasteiger partial charge in [0.25, 0.3) is 0 Å². The zero-order valence-corrected chi connectivity index (χ0v) is 11.9. The minimum atomic E-state index is 0.0409. The van der Waals surface area contributed by atoms with E-state index < -0.39 is 0 Å². The molecule has 0 aromatic heterocycles. The van der Waals surface area contributed by atoms with E-state index in [1.165, 1.54) is 0 Å². The first-order chi connectivity index (χ1) is 8.04. The monoisotopic (exact) mass is 243 g/mol. The number of morpholine rings is 1. The number of ether oxygens (including phenoxy) is 1. The van der Waals surface area contributed by atoms with Crippen molar-refractivity contribution >= 4 is 0 Å². The van der Waals surface area contributed by atoms with Gasteiger partial charge in [-0.1, -0.05) is 27.2 Å². The van der Waals surface area contributed by atoms with Gasteiger partial charge in [0.05, 0.1) is 12.7 Å². The van der Waals surface area contributed by atoms with Crippen molar-refractivity contribution in [1.29, 1.82) is 0 Å². The highest BCUT2D eigenvalue weighted by atomic mass is 16.5. The van der Waals surface area contributed by atoms with Gasteiger partial charge in [-0.3, -0.25) is 4.90 Å². The molecule has 1 fully saturated rings. The Morgan fingerprint density at radius 3 is 2.65 bits per heavy atom. The normalized spacial score (nSPS) is 30.2. The molecular weight excluding hydrogens is 214 g/mol. The van der Waals surface area contributed by atoms with Crippen molar-refractivity contribution in [1.82, 2.24) is 4.90 Å². The smallest absolute Gasteiger partial charge is 0.0674 e. The van der Waals surface area contributed by atoms with Crippen LogP contribution in [0.15, 0.2) is 0 Å². The van der Waals surface area contributed by atoms with Gasteiger partial charge in [0, 0.05) is 31.2 Å². The second-order valence-corrected chi connectivity index (χ2v) is 5.85. The van der Waals surface area contributed by atoms with E-state index in [2.05, 4.69) is 32.6 Å². The van der Waals surface area contributed by atoms with Crippen molar-refractivity contribution in [2.24, 2.45) is 5.41 Å². The highest BCUT2D eigenvalue weighted by molar-refractivity contribution is 4.84. The minimum absolute atomic E-state index is 0.0409. The first kappa shape index (κ1) is 14.9. The maximum absolute atomic E-state index is 9.61. The summed E-state index contributed by atoms with van der Waals surface area (Å²) in [5, 5.41) is 9.61.